The van der Waals surface area contributed by atoms with Crippen molar-refractivity contribution in [3.05, 3.63) is 87.7 Å². The van der Waals surface area contributed by atoms with Crippen molar-refractivity contribution in [2.45, 2.75) is 141 Å². The number of nitrogens with two attached hydrogens (primary N) is 1. The van der Waals surface area contributed by atoms with Gasteiger partial charge in [-0.25, -0.2) is 13.8 Å². The molecule has 4 aliphatic rings. The number of halogens is 2. The molecule has 52 heavy (non-hydrogen) atoms. The molecule has 2 fully saturated rings. The number of Topliss-reactive ketones (excluding diaryl/α,β-unsaturated/α-hetero) is 1. The van der Waals surface area contributed by atoms with E-state index in [2.05, 4.69) is 68.2 Å². The van der Waals surface area contributed by atoms with Crippen LogP contribution in [-0.2, 0) is 10.2 Å². The third-order valence-electron chi connectivity index (χ3n) is 11.7. The van der Waals surface area contributed by atoms with E-state index in [0.29, 0.717) is 43.5 Å². The number of allylic oxidation sites excluding steroid dienone is 3. The molecular weight excluding hydrogens is 653 g/mol. The average molecular weight is 706 g/mol. The second kappa shape index (κ2) is 14.7. The van der Waals surface area contributed by atoms with E-state index in [9.17, 15) is 13.6 Å². The molecule has 0 spiro atoms. The Balaban J connectivity index is 1.44. The molecule has 3 aromatic carbocycles. The Morgan fingerprint density at radius 1 is 0.904 bits per heavy atom. The lowest BCUT2D eigenvalue weighted by atomic mass is 9.77. The summed E-state index contributed by atoms with van der Waals surface area (Å²) in [5, 5.41) is 10.7. The minimum absolute atomic E-state index is 0.145. The highest BCUT2D eigenvalue weighted by Gasteiger charge is 2.31. The highest BCUT2D eigenvalue weighted by atomic mass is 19.1. The maximum atomic E-state index is 14.4. The molecule has 7 rings (SSSR count). The van der Waals surface area contributed by atoms with Gasteiger partial charge in [-0.1, -0.05) is 50.6 Å². The van der Waals surface area contributed by atoms with E-state index < -0.39 is 12.3 Å². The molecule has 1 aliphatic heterocycles. The summed E-state index contributed by atoms with van der Waals surface area (Å²) in [6, 6.07) is 13.2. The molecule has 274 valence electrons. The minimum atomic E-state index is -0.753. The van der Waals surface area contributed by atoms with Gasteiger partial charge < -0.3 is 15.3 Å². The monoisotopic (exact) mass is 705 g/mol. The molecule has 0 amide bonds. The number of nitrogens with zero attached hydrogens (tertiary/aromatic N) is 1. The molecule has 0 unspecified atom stereocenters. The summed E-state index contributed by atoms with van der Waals surface area (Å²) in [6.45, 7) is 8.22. The number of alkyl halides is 2. The molecular formula is C45H53F2N3O2. The number of ether oxygens (including phenoxy) is 1. The van der Waals surface area contributed by atoms with Crippen LogP contribution in [0.2, 0.25) is 0 Å². The Hall–Kier alpha value is -4.13. The van der Waals surface area contributed by atoms with Crippen LogP contribution in [0.3, 0.4) is 0 Å². The predicted molar refractivity (Wildman–Crippen MR) is 208 cm³/mol. The van der Waals surface area contributed by atoms with Crippen molar-refractivity contribution in [3.63, 3.8) is 0 Å². The fraction of sp³-hybridized carbons (Fsp3) is 0.489. The molecule has 5 nitrogen and oxygen atoms in total. The molecule has 0 aromatic heterocycles. The average Bonchev–Trinajstić information content (AvgIpc) is 3.39. The fourth-order valence-electron chi connectivity index (χ4n) is 8.75. The normalized spacial score (nSPS) is 23.6. The number of hydrogen-bond donors (Lipinski definition) is 2. The lowest BCUT2D eigenvalue weighted by molar-refractivity contribution is -0.117. The van der Waals surface area contributed by atoms with Gasteiger partial charge >= 0.3 is 0 Å². The summed E-state index contributed by atoms with van der Waals surface area (Å²) < 4.78 is 35.7. The van der Waals surface area contributed by atoms with Crippen LogP contribution in [0.5, 0.6) is 5.75 Å². The lowest BCUT2D eigenvalue weighted by Gasteiger charge is -2.29. The van der Waals surface area contributed by atoms with Gasteiger partial charge in [-0.05, 0) is 153 Å². The molecule has 3 aliphatic carbocycles. The van der Waals surface area contributed by atoms with Gasteiger partial charge in [-0.2, -0.15) is 0 Å². The van der Waals surface area contributed by atoms with E-state index in [1.54, 1.807) is 6.92 Å². The summed E-state index contributed by atoms with van der Waals surface area (Å²) in [7, 11) is 0. The highest BCUT2D eigenvalue weighted by Crippen LogP contribution is 2.47. The van der Waals surface area contributed by atoms with Gasteiger partial charge in [0.2, 0.25) is 0 Å². The zero-order valence-corrected chi connectivity index (χ0v) is 31.2. The molecule has 2 saturated carbocycles. The number of aliphatic imine (C=N–C) groups is 1. The zero-order valence-electron chi connectivity index (χ0n) is 31.2. The highest BCUT2D eigenvalue weighted by molar-refractivity contribution is 6.27. The SMILES string of the molecule is CC(=O)CCCC1=CC(Oc2cc(C(C)(C)C)cc3cc4c(c(-c5cc(C6CCC(F)CC6)cc(C6CCC(F)CC6)c5)c23)C(N)=NC4=N)=CCC1. The smallest absolute Gasteiger partial charge is 0.154 e. The molecule has 0 saturated heterocycles. The summed E-state index contributed by atoms with van der Waals surface area (Å²) in [5.41, 5.74) is 14.6. The molecule has 1 heterocycles. The van der Waals surface area contributed by atoms with Crippen molar-refractivity contribution in [1.29, 1.82) is 5.41 Å². The van der Waals surface area contributed by atoms with Crippen LogP contribution in [0.25, 0.3) is 21.9 Å². The maximum Gasteiger partial charge on any atom is 0.154 e. The number of fused-ring (bicyclic) bond motifs is 2. The van der Waals surface area contributed by atoms with Crippen molar-refractivity contribution in [1.82, 2.24) is 0 Å². The number of amidine groups is 2. The van der Waals surface area contributed by atoms with E-state index >= 15 is 0 Å². The van der Waals surface area contributed by atoms with Crippen LogP contribution < -0.4 is 10.5 Å². The molecule has 7 heteroatoms. The number of benzene rings is 3. The third kappa shape index (κ3) is 7.65. The molecule has 3 aromatic rings. The standard InChI is InChI=1S/C45H53F2N3O2/c1-26(51)7-5-8-27-9-6-10-37(19-27)52-39-25-34(45(2,3)4)23-33-24-38-42(44(49)50-43(38)48)41(40(33)39)32-21-30(28-11-15-35(46)16-12-28)20-31(22-32)29-13-17-36(47)18-14-29/h10,19-25,28-29,35-36H,5-9,11-18H2,1-4H3,(H3,48,49,50). The van der Waals surface area contributed by atoms with Crippen LogP contribution in [0.1, 0.15) is 151 Å². The lowest BCUT2D eigenvalue weighted by Crippen LogP contribution is -2.17. The van der Waals surface area contributed by atoms with Gasteiger partial charge in [0.15, 0.2) is 5.84 Å². The van der Waals surface area contributed by atoms with Gasteiger partial charge in [0.25, 0.3) is 0 Å². The summed E-state index contributed by atoms with van der Waals surface area (Å²) in [5.74, 6) is 2.65. The summed E-state index contributed by atoms with van der Waals surface area (Å²) >= 11 is 0. The van der Waals surface area contributed by atoms with E-state index in [0.717, 1.165) is 95.9 Å². The Bertz CT molecular complexity index is 1950. The minimum Gasteiger partial charge on any atom is -0.457 e. The first-order valence-electron chi connectivity index (χ1n) is 19.4. The number of carbonyl (C=O) groups excluding carboxylic acids is 1. The quantitative estimate of drug-likeness (QED) is 0.232. The third-order valence-corrected chi connectivity index (χ3v) is 11.7. The van der Waals surface area contributed by atoms with Gasteiger partial charge in [0.1, 0.15) is 35.5 Å². The first kappa shape index (κ1) is 36.2. The Labute approximate surface area is 307 Å². The Morgan fingerprint density at radius 2 is 1.54 bits per heavy atom. The first-order chi connectivity index (χ1) is 24.8. The van der Waals surface area contributed by atoms with Gasteiger partial charge in [-0.3, -0.25) is 5.41 Å². The molecule has 0 atom stereocenters. The van der Waals surface area contributed by atoms with Gasteiger partial charge in [-0.15, -0.1) is 0 Å². The van der Waals surface area contributed by atoms with E-state index in [4.69, 9.17) is 15.9 Å². The van der Waals surface area contributed by atoms with Crippen molar-refractivity contribution >= 4 is 28.2 Å². The number of hydrogen-bond acceptors (Lipinski definition) is 4. The van der Waals surface area contributed by atoms with Crippen LogP contribution in [0.4, 0.5) is 8.78 Å². The van der Waals surface area contributed by atoms with E-state index in [1.807, 2.05) is 6.07 Å². The number of rotatable bonds is 9. The first-order valence-corrected chi connectivity index (χ1v) is 19.4. The largest absolute Gasteiger partial charge is 0.457 e. The number of carbonyl (C=O) groups is 1. The number of nitrogens with one attached hydrogen (secondary N) is 1. The summed E-state index contributed by atoms with van der Waals surface area (Å²) in [4.78, 5) is 16.1. The Morgan fingerprint density at radius 3 is 2.13 bits per heavy atom. The Kier molecular flexibility index (Phi) is 10.3. The van der Waals surface area contributed by atoms with Gasteiger partial charge in [0.05, 0.1) is 0 Å². The topological polar surface area (TPSA) is 88.5 Å². The summed E-state index contributed by atoms with van der Waals surface area (Å²) in [6.07, 6.45) is 12.3. The van der Waals surface area contributed by atoms with Crippen molar-refractivity contribution in [2.75, 3.05) is 0 Å². The molecule has 0 bridgehead atoms. The van der Waals surface area contributed by atoms with Crippen LogP contribution in [-0.4, -0.2) is 29.8 Å². The van der Waals surface area contributed by atoms with Crippen molar-refractivity contribution in [3.8, 4) is 16.9 Å². The van der Waals surface area contributed by atoms with E-state index in [1.165, 1.54) is 16.7 Å². The van der Waals surface area contributed by atoms with Crippen LogP contribution in [0.15, 0.2) is 64.9 Å². The fourth-order valence-corrected chi connectivity index (χ4v) is 8.75. The predicted octanol–water partition coefficient (Wildman–Crippen LogP) is 11.6. The van der Waals surface area contributed by atoms with Crippen molar-refractivity contribution in [2.24, 2.45) is 10.7 Å². The van der Waals surface area contributed by atoms with Crippen LogP contribution in [0, 0.1) is 5.41 Å². The van der Waals surface area contributed by atoms with Crippen molar-refractivity contribution < 1.29 is 18.3 Å². The molecule has 3 N–H and O–H groups in total. The van der Waals surface area contributed by atoms with E-state index in [-0.39, 0.29) is 28.9 Å². The second-order valence-electron chi connectivity index (χ2n) is 16.7. The second-order valence-corrected chi connectivity index (χ2v) is 16.7. The zero-order chi connectivity index (χ0) is 36.7. The number of ketones is 1. The maximum absolute atomic E-state index is 14.4. The van der Waals surface area contributed by atoms with Gasteiger partial charge in [0, 0.05) is 28.5 Å². The molecule has 0 radical (unpaired) electrons. The van der Waals surface area contributed by atoms with Crippen LogP contribution >= 0.6 is 0 Å².